The first-order valence-electron chi connectivity index (χ1n) is 5.36. The lowest BCUT2D eigenvalue weighted by Crippen LogP contribution is -2.05. The van der Waals surface area contributed by atoms with Crippen LogP contribution in [-0.2, 0) is 6.54 Å². The van der Waals surface area contributed by atoms with Crippen LogP contribution in [0.1, 0.15) is 11.1 Å². The summed E-state index contributed by atoms with van der Waals surface area (Å²) in [6.45, 7) is 2.82. The number of nitrogens with one attached hydrogen (secondary N) is 1. The number of aryl methyl sites for hydroxylation is 1. The summed E-state index contributed by atoms with van der Waals surface area (Å²) in [5.41, 5.74) is 9.02. The molecule has 1 heterocycles. The summed E-state index contributed by atoms with van der Waals surface area (Å²) in [6.07, 6.45) is 1.73. The highest BCUT2D eigenvalue weighted by molar-refractivity contribution is 9.10. The van der Waals surface area contributed by atoms with Gasteiger partial charge in [0.25, 0.3) is 0 Å². The molecule has 1 aromatic heterocycles. The Kier molecular flexibility index (Phi) is 3.64. The lowest BCUT2D eigenvalue weighted by atomic mass is 10.1. The molecule has 2 rings (SSSR count). The minimum Gasteiger partial charge on any atom is -0.396 e. The minimum absolute atomic E-state index is 0.646. The minimum atomic E-state index is 0.646. The summed E-state index contributed by atoms with van der Waals surface area (Å²) >= 11 is 3.33. The molecule has 0 aliphatic heterocycles. The molecule has 0 radical (unpaired) electrons. The highest BCUT2D eigenvalue weighted by Gasteiger charge is 2.02. The van der Waals surface area contributed by atoms with Crippen molar-refractivity contribution in [3.05, 3.63) is 52.1 Å². The number of hydrogen-bond donors (Lipinski definition) is 2. The van der Waals surface area contributed by atoms with Crippen LogP contribution < -0.4 is 11.1 Å². The van der Waals surface area contributed by atoms with Crippen LogP contribution >= 0.6 is 15.9 Å². The number of halogens is 1. The molecule has 0 spiro atoms. The van der Waals surface area contributed by atoms with E-state index < -0.39 is 0 Å². The van der Waals surface area contributed by atoms with Gasteiger partial charge >= 0.3 is 0 Å². The molecule has 88 valence electrons. The van der Waals surface area contributed by atoms with Gasteiger partial charge in [-0.05, 0) is 40.0 Å². The lowest BCUT2D eigenvalue weighted by Gasteiger charge is -2.10. The van der Waals surface area contributed by atoms with Gasteiger partial charge in [-0.3, -0.25) is 0 Å². The molecule has 17 heavy (non-hydrogen) atoms. The normalized spacial score (nSPS) is 10.2. The van der Waals surface area contributed by atoms with Crippen LogP contribution in [0.15, 0.2) is 41.0 Å². The summed E-state index contributed by atoms with van der Waals surface area (Å²) < 4.78 is 0.886. The number of pyridine rings is 1. The van der Waals surface area contributed by atoms with E-state index >= 15 is 0 Å². The van der Waals surface area contributed by atoms with Crippen LogP contribution in [0.5, 0.6) is 0 Å². The van der Waals surface area contributed by atoms with Gasteiger partial charge in [0.15, 0.2) is 0 Å². The van der Waals surface area contributed by atoms with Gasteiger partial charge in [0.05, 0.1) is 5.69 Å². The SMILES string of the molecule is Cc1ccccc1CNc1ncc(Br)cc1N. The summed E-state index contributed by atoms with van der Waals surface area (Å²) in [6, 6.07) is 10.1. The third-order valence-electron chi connectivity index (χ3n) is 2.59. The van der Waals surface area contributed by atoms with Gasteiger partial charge < -0.3 is 11.1 Å². The highest BCUT2D eigenvalue weighted by atomic mass is 79.9. The number of hydrogen-bond acceptors (Lipinski definition) is 3. The fourth-order valence-electron chi connectivity index (χ4n) is 1.59. The molecule has 0 saturated carbocycles. The number of rotatable bonds is 3. The molecule has 0 aliphatic carbocycles. The smallest absolute Gasteiger partial charge is 0.149 e. The van der Waals surface area contributed by atoms with Crippen molar-refractivity contribution >= 4 is 27.4 Å². The van der Waals surface area contributed by atoms with Gasteiger partial charge in [-0.15, -0.1) is 0 Å². The van der Waals surface area contributed by atoms with Gasteiger partial charge in [-0.1, -0.05) is 24.3 Å². The van der Waals surface area contributed by atoms with Gasteiger partial charge in [0.1, 0.15) is 5.82 Å². The Bertz CT molecular complexity index is 526. The molecule has 4 heteroatoms. The van der Waals surface area contributed by atoms with Crippen molar-refractivity contribution in [2.75, 3.05) is 11.1 Å². The molecular formula is C13H14BrN3. The maximum atomic E-state index is 5.87. The van der Waals surface area contributed by atoms with E-state index in [2.05, 4.69) is 45.3 Å². The maximum Gasteiger partial charge on any atom is 0.149 e. The summed E-state index contributed by atoms with van der Waals surface area (Å²) in [7, 11) is 0. The largest absolute Gasteiger partial charge is 0.396 e. The summed E-state index contributed by atoms with van der Waals surface area (Å²) in [5.74, 6) is 0.719. The van der Waals surface area contributed by atoms with Gasteiger partial charge in [-0.25, -0.2) is 4.98 Å². The zero-order valence-electron chi connectivity index (χ0n) is 9.57. The molecular weight excluding hydrogens is 278 g/mol. The van der Waals surface area contributed by atoms with Crippen molar-refractivity contribution in [3.8, 4) is 0 Å². The molecule has 0 atom stereocenters. The number of benzene rings is 1. The zero-order valence-corrected chi connectivity index (χ0v) is 11.2. The van der Waals surface area contributed by atoms with E-state index in [-0.39, 0.29) is 0 Å². The van der Waals surface area contributed by atoms with Gasteiger partial charge in [0, 0.05) is 17.2 Å². The molecule has 3 N–H and O–H groups in total. The maximum absolute atomic E-state index is 5.87. The Morgan fingerprint density at radius 3 is 2.82 bits per heavy atom. The fourth-order valence-corrected chi connectivity index (χ4v) is 1.94. The first kappa shape index (κ1) is 11.9. The van der Waals surface area contributed by atoms with E-state index in [0.29, 0.717) is 5.69 Å². The summed E-state index contributed by atoms with van der Waals surface area (Å²) in [5, 5.41) is 3.24. The molecule has 0 saturated heterocycles. The molecule has 1 aromatic carbocycles. The Balaban J connectivity index is 2.10. The molecule has 0 bridgehead atoms. The predicted octanol–water partition coefficient (Wildman–Crippen LogP) is 3.35. The fraction of sp³-hybridized carbons (Fsp3) is 0.154. The quantitative estimate of drug-likeness (QED) is 0.912. The zero-order chi connectivity index (χ0) is 12.3. The number of nitrogens with zero attached hydrogens (tertiary/aromatic N) is 1. The van der Waals surface area contributed by atoms with Gasteiger partial charge in [-0.2, -0.15) is 0 Å². The molecule has 2 aromatic rings. The summed E-state index contributed by atoms with van der Waals surface area (Å²) in [4.78, 5) is 4.24. The van der Waals surface area contributed by atoms with Crippen molar-refractivity contribution in [3.63, 3.8) is 0 Å². The van der Waals surface area contributed by atoms with E-state index in [1.165, 1.54) is 11.1 Å². The van der Waals surface area contributed by atoms with Crippen molar-refractivity contribution in [2.45, 2.75) is 13.5 Å². The Labute approximate surface area is 109 Å². The first-order valence-corrected chi connectivity index (χ1v) is 6.15. The highest BCUT2D eigenvalue weighted by Crippen LogP contribution is 2.20. The van der Waals surface area contributed by atoms with Crippen molar-refractivity contribution in [2.24, 2.45) is 0 Å². The second-order valence-corrected chi connectivity index (χ2v) is 4.79. The van der Waals surface area contributed by atoms with Crippen LogP contribution in [-0.4, -0.2) is 4.98 Å². The average Bonchev–Trinajstić information content (AvgIpc) is 2.30. The van der Waals surface area contributed by atoms with Crippen molar-refractivity contribution < 1.29 is 0 Å². The standard InChI is InChI=1S/C13H14BrN3/c1-9-4-2-3-5-10(9)7-16-13-12(15)6-11(14)8-17-13/h2-6,8H,7,15H2,1H3,(H,16,17). The van der Waals surface area contributed by atoms with Crippen LogP contribution in [0.4, 0.5) is 11.5 Å². The van der Waals surface area contributed by atoms with E-state index in [1.807, 2.05) is 18.2 Å². The second kappa shape index (κ2) is 5.19. The third kappa shape index (κ3) is 2.97. The van der Waals surface area contributed by atoms with E-state index in [4.69, 9.17) is 5.73 Å². The number of aromatic nitrogens is 1. The average molecular weight is 292 g/mol. The van der Waals surface area contributed by atoms with Crippen LogP contribution in [0.25, 0.3) is 0 Å². The van der Waals surface area contributed by atoms with E-state index in [1.54, 1.807) is 6.20 Å². The Hall–Kier alpha value is -1.55. The predicted molar refractivity (Wildman–Crippen MR) is 74.9 cm³/mol. The number of anilines is 2. The third-order valence-corrected chi connectivity index (χ3v) is 3.03. The molecule has 0 amide bonds. The topological polar surface area (TPSA) is 50.9 Å². The van der Waals surface area contributed by atoms with Crippen LogP contribution in [0.3, 0.4) is 0 Å². The monoisotopic (exact) mass is 291 g/mol. The lowest BCUT2D eigenvalue weighted by molar-refractivity contribution is 1.09. The molecule has 0 unspecified atom stereocenters. The Morgan fingerprint density at radius 1 is 1.35 bits per heavy atom. The number of nitrogen functional groups attached to an aromatic ring is 1. The molecule has 0 fully saturated rings. The first-order chi connectivity index (χ1) is 8.16. The van der Waals surface area contributed by atoms with E-state index in [0.717, 1.165) is 16.8 Å². The molecule has 0 aliphatic rings. The number of nitrogens with two attached hydrogens (primary N) is 1. The second-order valence-electron chi connectivity index (χ2n) is 3.87. The van der Waals surface area contributed by atoms with Crippen molar-refractivity contribution in [1.29, 1.82) is 0 Å². The molecule has 3 nitrogen and oxygen atoms in total. The Morgan fingerprint density at radius 2 is 2.12 bits per heavy atom. The van der Waals surface area contributed by atoms with Crippen molar-refractivity contribution in [1.82, 2.24) is 4.98 Å². The van der Waals surface area contributed by atoms with Crippen LogP contribution in [0, 0.1) is 6.92 Å². The van der Waals surface area contributed by atoms with Gasteiger partial charge in [0.2, 0.25) is 0 Å². The van der Waals surface area contributed by atoms with Crippen LogP contribution in [0.2, 0.25) is 0 Å². The van der Waals surface area contributed by atoms with E-state index in [9.17, 15) is 0 Å².